The van der Waals surface area contributed by atoms with Gasteiger partial charge in [-0.1, -0.05) is 18.2 Å². The third-order valence-electron chi connectivity index (χ3n) is 1.23. The first-order valence-corrected chi connectivity index (χ1v) is 5.64. The first-order valence-electron chi connectivity index (χ1n) is 5.64. The lowest BCUT2D eigenvalue weighted by Gasteiger charge is -1.82. The maximum atomic E-state index is 8.63. The third kappa shape index (κ3) is 38.3. The fourth-order valence-corrected chi connectivity index (χ4v) is 0.428. The quantitative estimate of drug-likeness (QED) is 0.349. The number of hydrogen-bond donors (Lipinski definition) is 7. The Morgan fingerprint density at radius 2 is 1.00 bits per heavy atom. The molecule has 0 aliphatic carbocycles. The molecule has 1 rings (SSSR count). The Kier molecular flexibility index (Phi) is 30.9. The van der Waals surface area contributed by atoms with E-state index in [4.69, 9.17) is 20.4 Å². The lowest BCUT2D eigenvalue weighted by Crippen LogP contribution is -2.04. The van der Waals surface area contributed by atoms with Crippen LogP contribution >= 0.6 is 0 Å². The maximum absolute atomic E-state index is 8.63. The molecule has 0 atom stereocenters. The van der Waals surface area contributed by atoms with Gasteiger partial charge in [-0.3, -0.25) is 16.0 Å². The van der Waals surface area contributed by atoms with Crippen LogP contribution in [0.3, 0.4) is 0 Å². The monoisotopic (exact) mass is 277 g/mol. The highest BCUT2D eigenvalue weighted by Crippen LogP contribution is 2.02. The third-order valence-corrected chi connectivity index (χ3v) is 1.23. The van der Waals surface area contributed by atoms with Crippen LogP contribution in [0.15, 0.2) is 30.3 Å². The van der Waals surface area contributed by atoms with E-state index in [1.165, 1.54) is 0 Å². The van der Waals surface area contributed by atoms with Gasteiger partial charge in [0.2, 0.25) is 0 Å². The number of aliphatic hydroxyl groups excluding tert-OH is 3. The lowest BCUT2D eigenvalue weighted by atomic mass is 10.3. The molecule has 0 spiro atoms. The molecule has 0 unspecified atom stereocenters. The zero-order valence-electron chi connectivity index (χ0n) is 11.8. The molecule has 0 amide bonds. The van der Waals surface area contributed by atoms with E-state index < -0.39 is 0 Å². The van der Waals surface area contributed by atoms with Gasteiger partial charge in [0.25, 0.3) is 0 Å². The number of hydrogen-bond acceptors (Lipinski definition) is 7. The summed E-state index contributed by atoms with van der Waals surface area (Å²) in [5.74, 6) is 0.322. The topological polar surface area (TPSA) is 117 Å². The predicted molar refractivity (Wildman–Crippen MR) is 76.5 cm³/mol. The van der Waals surface area contributed by atoms with Crippen molar-refractivity contribution in [2.45, 2.75) is 0 Å². The molecule has 7 nitrogen and oxygen atoms in total. The van der Waals surface area contributed by atoms with Crippen molar-refractivity contribution in [3.8, 4) is 5.75 Å². The van der Waals surface area contributed by atoms with E-state index in [9.17, 15) is 0 Å². The highest BCUT2D eigenvalue weighted by Gasteiger charge is 1.74. The first kappa shape index (κ1) is 22.9. The fraction of sp³-hybridized carbons (Fsp3) is 0.500. The summed E-state index contributed by atoms with van der Waals surface area (Å²) < 4.78 is 0. The first-order chi connectivity index (χ1) is 9.14. The van der Waals surface area contributed by atoms with Gasteiger partial charge < -0.3 is 20.4 Å². The molecule has 1 aromatic carbocycles. The van der Waals surface area contributed by atoms with Crippen molar-refractivity contribution in [3.05, 3.63) is 30.3 Å². The summed E-state index contributed by atoms with van der Waals surface area (Å²) in [6.07, 6.45) is 0. The molecule has 0 saturated carbocycles. The standard InChI is InChI=1S/C6H6O.3C2H7NO/c7-6-4-2-1-3-5-6;3*1-3-2-4/h1-5,7H;3*3-4H,2H2,1H3. The van der Waals surface area contributed by atoms with Crippen molar-refractivity contribution in [2.75, 3.05) is 41.3 Å². The van der Waals surface area contributed by atoms with Crippen LogP contribution in [-0.4, -0.2) is 61.8 Å². The molecular weight excluding hydrogens is 250 g/mol. The van der Waals surface area contributed by atoms with Crippen LogP contribution in [0.1, 0.15) is 0 Å². The van der Waals surface area contributed by atoms with Gasteiger partial charge in [-0.25, -0.2) is 0 Å². The summed E-state index contributed by atoms with van der Waals surface area (Å²) in [7, 11) is 5.04. The number of rotatable bonds is 3. The molecule has 7 N–H and O–H groups in total. The van der Waals surface area contributed by atoms with Crippen LogP contribution in [0.25, 0.3) is 0 Å². The Hall–Kier alpha value is -1.22. The van der Waals surface area contributed by atoms with E-state index in [2.05, 4.69) is 16.0 Å². The second kappa shape index (κ2) is 25.6. The number of aromatic hydroxyl groups is 1. The zero-order chi connectivity index (χ0) is 15.4. The largest absolute Gasteiger partial charge is 0.508 e. The van der Waals surface area contributed by atoms with Crippen molar-refractivity contribution in [1.29, 1.82) is 0 Å². The number of benzene rings is 1. The molecule has 0 radical (unpaired) electrons. The van der Waals surface area contributed by atoms with E-state index in [1.807, 2.05) is 6.07 Å². The summed E-state index contributed by atoms with van der Waals surface area (Å²) in [6.45, 7) is 0.208. The van der Waals surface area contributed by atoms with E-state index in [-0.39, 0.29) is 20.2 Å². The Bertz CT molecular complexity index is 210. The summed E-state index contributed by atoms with van der Waals surface area (Å²) in [6, 6.07) is 8.71. The molecule has 0 aliphatic rings. The predicted octanol–water partition coefficient (Wildman–Crippen LogP) is -1.14. The Labute approximate surface area is 114 Å². The van der Waals surface area contributed by atoms with E-state index in [0.29, 0.717) is 5.75 Å². The van der Waals surface area contributed by atoms with E-state index in [0.717, 1.165) is 0 Å². The van der Waals surface area contributed by atoms with Crippen molar-refractivity contribution in [2.24, 2.45) is 0 Å². The highest BCUT2D eigenvalue weighted by molar-refractivity contribution is 5.18. The lowest BCUT2D eigenvalue weighted by molar-refractivity contribution is 0.272. The second-order valence-electron chi connectivity index (χ2n) is 2.87. The van der Waals surface area contributed by atoms with Gasteiger partial charge in [0, 0.05) is 0 Å². The number of phenols is 1. The summed E-state index contributed by atoms with van der Waals surface area (Å²) in [5.41, 5.74) is 0. The van der Waals surface area contributed by atoms with Gasteiger partial charge in [-0.05, 0) is 33.3 Å². The normalized spacial score (nSPS) is 7.89. The Morgan fingerprint density at radius 1 is 0.737 bits per heavy atom. The molecule has 0 aliphatic heterocycles. The highest BCUT2D eigenvalue weighted by atomic mass is 16.3. The number of phenolic OH excluding ortho intramolecular Hbond substituents is 1. The zero-order valence-corrected chi connectivity index (χ0v) is 11.8. The summed E-state index contributed by atoms with van der Waals surface area (Å²) in [5, 5.41) is 39.4. The smallest absolute Gasteiger partial charge is 0.115 e. The maximum Gasteiger partial charge on any atom is 0.115 e. The average molecular weight is 277 g/mol. The minimum absolute atomic E-state index is 0.0694. The molecule has 0 fully saturated rings. The number of nitrogens with one attached hydrogen (secondary N) is 3. The molecule has 0 heterocycles. The van der Waals surface area contributed by atoms with Crippen LogP contribution in [0.5, 0.6) is 5.75 Å². The Morgan fingerprint density at radius 3 is 1.11 bits per heavy atom. The van der Waals surface area contributed by atoms with Crippen molar-refractivity contribution >= 4 is 0 Å². The van der Waals surface area contributed by atoms with E-state index >= 15 is 0 Å². The van der Waals surface area contributed by atoms with Crippen molar-refractivity contribution in [3.63, 3.8) is 0 Å². The van der Waals surface area contributed by atoms with Crippen LogP contribution in [0.4, 0.5) is 0 Å². The van der Waals surface area contributed by atoms with Crippen molar-refractivity contribution in [1.82, 2.24) is 16.0 Å². The van der Waals surface area contributed by atoms with Crippen LogP contribution < -0.4 is 16.0 Å². The number of para-hydroxylation sites is 1. The van der Waals surface area contributed by atoms with Gasteiger partial charge in [-0.2, -0.15) is 0 Å². The van der Waals surface area contributed by atoms with Gasteiger partial charge in [0.15, 0.2) is 0 Å². The summed E-state index contributed by atoms with van der Waals surface area (Å²) in [4.78, 5) is 0. The average Bonchev–Trinajstić information content (AvgIpc) is 2.48. The fourth-order valence-electron chi connectivity index (χ4n) is 0.428. The van der Waals surface area contributed by atoms with Crippen LogP contribution in [-0.2, 0) is 0 Å². The van der Waals surface area contributed by atoms with Gasteiger partial charge in [-0.15, -0.1) is 0 Å². The SMILES string of the molecule is CNCO.CNCO.CNCO.Oc1ccccc1. The van der Waals surface area contributed by atoms with Crippen LogP contribution in [0, 0.1) is 0 Å². The Balaban J connectivity index is -0.000000189. The van der Waals surface area contributed by atoms with Crippen molar-refractivity contribution < 1.29 is 20.4 Å². The molecule has 7 heteroatoms. The molecule has 0 aromatic heterocycles. The summed E-state index contributed by atoms with van der Waals surface area (Å²) >= 11 is 0. The second-order valence-corrected chi connectivity index (χ2v) is 2.87. The molecule has 19 heavy (non-hydrogen) atoms. The molecule has 0 bridgehead atoms. The minimum Gasteiger partial charge on any atom is -0.508 e. The molecule has 114 valence electrons. The van der Waals surface area contributed by atoms with E-state index in [1.54, 1.807) is 45.4 Å². The van der Waals surface area contributed by atoms with Gasteiger partial charge in [0.1, 0.15) is 5.75 Å². The van der Waals surface area contributed by atoms with Gasteiger partial charge in [0.05, 0.1) is 20.2 Å². The van der Waals surface area contributed by atoms with Gasteiger partial charge >= 0.3 is 0 Å². The minimum atomic E-state index is 0.0694. The molecule has 1 aromatic rings. The molecular formula is C12H27N3O4. The van der Waals surface area contributed by atoms with Crippen LogP contribution in [0.2, 0.25) is 0 Å². The number of aliphatic hydroxyl groups is 3. The molecule has 0 saturated heterocycles.